The van der Waals surface area contributed by atoms with Crippen molar-refractivity contribution in [3.63, 3.8) is 0 Å². The number of nitrogens with one attached hydrogen (secondary N) is 1. The first kappa shape index (κ1) is 24.6. The Bertz CT molecular complexity index is 1060. The predicted octanol–water partition coefficient (Wildman–Crippen LogP) is 3.30. The van der Waals surface area contributed by atoms with E-state index in [1.54, 1.807) is 0 Å². The minimum Gasteiger partial charge on any atom is -0.493 e. The van der Waals surface area contributed by atoms with Crippen LogP contribution in [0.3, 0.4) is 0 Å². The summed E-state index contributed by atoms with van der Waals surface area (Å²) in [5.41, 5.74) is -0.590. The summed E-state index contributed by atoms with van der Waals surface area (Å²) in [6.45, 7) is 0. The molecule has 0 unspecified atom stereocenters. The van der Waals surface area contributed by atoms with Gasteiger partial charge in [-0.1, -0.05) is 7.43 Å². The maximum absolute atomic E-state index is 13.7. The molecule has 0 aliphatic rings. The third kappa shape index (κ3) is 5.15. The fourth-order valence-electron chi connectivity index (χ4n) is 1.97. The van der Waals surface area contributed by atoms with Crippen LogP contribution in [0.4, 0.5) is 27.6 Å². The Hall–Kier alpha value is -2.41. The number of hydrogen-bond acceptors (Lipinski definition) is 5. The Morgan fingerprint density at radius 3 is 1.86 bits per heavy atom. The van der Waals surface area contributed by atoms with Gasteiger partial charge in [-0.25, -0.2) is 34.9 Å². The minimum absolute atomic E-state index is 0. The normalized spacial score (nSPS) is 11.6. The maximum Gasteiger partial charge on any atom is 0.524 e. The summed E-state index contributed by atoms with van der Waals surface area (Å²) in [4.78, 5) is 15.5. The van der Waals surface area contributed by atoms with Gasteiger partial charge >= 0.3 is 7.82 Å². The van der Waals surface area contributed by atoms with Crippen LogP contribution in [0.5, 0.6) is 11.5 Å². The van der Waals surface area contributed by atoms with Crippen LogP contribution in [0.15, 0.2) is 23.1 Å². The minimum atomic E-state index is -5.35. The molecular weight excluding hydrogens is 452 g/mol. The zero-order valence-electron chi connectivity index (χ0n) is 13.4. The average molecular weight is 465 g/mol. The van der Waals surface area contributed by atoms with E-state index in [2.05, 4.69) is 4.52 Å². The molecule has 0 aliphatic heterocycles. The molecule has 0 atom stereocenters. The summed E-state index contributed by atoms with van der Waals surface area (Å²) < 4.78 is 113. The van der Waals surface area contributed by atoms with Crippen molar-refractivity contribution >= 4 is 23.5 Å². The van der Waals surface area contributed by atoms with Gasteiger partial charge < -0.3 is 9.26 Å². The Morgan fingerprint density at radius 2 is 1.41 bits per heavy atom. The number of anilines is 1. The molecule has 162 valence electrons. The van der Waals surface area contributed by atoms with Gasteiger partial charge in [0, 0.05) is 6.07 Å². The molecule has 0 aliphatic carbocycles. The molecule has 0 bridgehead atoms. The molecule has 0 heterocycles. The topological polar surface area (TPSA) is 122 Å². The van der Waals surface area contributed by atoms with Crippen LogP contribution < -0.4 is 14.0 Å². The number of ether oxygens (including phenoxy) is 1. The molecular formula is C14H13F5NO7PS. The largest absolute Gasteiger partial charge is 0.524 e. The monoisotopic (exact) mass is 465 g/mol. The third-order valence-electron chi connectivity index (χ3n) is 3.07. The van der Waals surface area contributed by atoms with Gasteiger partial charge in [-0.3, -0.25) is 14.5 Å². The van der Waals surface area contributed by atoms with Crippen molar-refractivity contribution < 1.29 is 54.0 Å². The lowest BCUT2D eigenvalue weighted by molar-refractivity contribution is 0.276. The van der Waals surface area contributed by atoms with Crippen molar-refractivity contribution in [2.45, 2.75) is 12.3 Å². The van der Waals surface area contributed by atoms with E-state index in [-0.39, 0.29) is 13.2 Å². The maximum atomic E-state index is 13.7. The van der Waals surface area contributed by atoms with Crippen LogP contribution in [-0.4, -0.2) is 25.3 Å². The molecule has 3 N–H and O–H groups in total. The number of methoxy groups -OCH3 is 1. The zero-order chi connectivity index (χ0) is 21.4. The van der Waals surface area contributed by atoms with E-state index in [1.807, 2.05) is 0 Å². The number of benzene rings is 2. The molecule has 15 heteroatoms. The number of rotatable bonds is 6. The van der Waals surface area contributed by atoms with Crippen LogP contribution in [0, 0.1) is 29.1 Å². The van der Waals surface area contributed by atoms with E-state index < -0.39 is 63.3 Å². The first-order chi connectivity index (χ1) is 12.8. The fourth-order valence-corrected chi connectivity index (χ4v) is 3.56. The van der Waals surface area contributed by atoms with Crippen molar-refractivity contribution in [1.29, 1.82) is 0 Å². The van der Waals surface area contributed by atoms with Gasteiger partial charge in [-0.05, 0) is 12.1 Å². The van der Waals surface area contributed by atoms with Gasteiger partial charge in [0.2, 0.25) is 5.82 Å². The van der Waals surface area contributed by atoms with Crippen LogP contribution in [0.25, 0.3) is 0 Å². The average Bonchev–Trinajstić information content (AvgIpc) is 2.56. The molecule has 0 amide bonds. The van der Waals surface area contributed by atoms with Gasteiger partial charge in [0.1, 0.15) is 0 Å². The standard InChI is InChI=1S/C13H9F5NO7PS.CH4/c1-25-6-3-2-5(4-7(6)26-27(20,21)22)19-28(23,24)13-11(17)9(15)8(14)10(16)12(13)18;/h2-4,19H,1H3,(H2,20,21,22);1H4. The summed E-state index contributed by atoms with van der Waals surface area (Å²) in [6.07, 6.45) is 0. The highest BCUT2D eigenvalue weighted by molar-refractivity contribution is 7.92. The van der Waals surface area contributed by atoms with E-state index in [0.717, 1.165) is 19.2 Å². The highest BCUT2D eigenvalue weighted by atomic mass is 32.2. The van der Waals surface area contributed by atoms with Crippen LogP contribution in [0.2, 0.25) is 0 Å². The summed E-state index contributed by atoms with van der Waals surface area (Å²) >= 11 is 0. The Kier molecular flexibility index (Phi) is 7.24. The second-order valence-electron chi connectivity index (χ2n) is 4.95. The first-order valence-electron chi connectivity index (χ1n) is 6.76. The second-order valence-corrected chi connectivity index (χ2v) is 7.74. The Morgan fingerprint density at radius 1 is 0.931 bits per heavy atom. The lowest BCUT2D eigenvalue weighted by Gasteiger charge is -2.14. The van der Waals surface area contributed by atoms with Crippen LogP contribution in [-0.2, 0) is 14.6 Å². The summed E-state index contributed by atoms with van der Waals surface area (Å²) in [7, 11) is -9.38. The van der Waals surface area contributed by atoms with Gasteiger partial charge in [-0.2, -0.15) is 0 Å². The molecule has 29 heavy (non-hydrogen) atoms. The number of halogens is 5. The fraction of sp³-hybridized carbons (Fsp3) is 0.143. The van der Waals surface area contributed by atoms with E-state index in [4.69, 9.17) is 14.5 Å². The first-order valence-corrected chi connectivity index (χ1v) is 9.77. The molecule has 8 nitrogen and oxygen atoms in total. The molecule has 2 rings (SSSR count). The van der Waals surface area contributed by atoms with E-state index in [0.29, 0.717) is 6.07 Å². The number of hydrogen-bond donors (Lipinski definition) is 3. The highest BCUT2D eigenvalue weighted by Gasteiger charge is 2.34. The number of phosphoric acid groups is 1. The Labute approximate surface area is 161 Å². The van der Waals surface area contributed by atoms with Crippen molar-refractivity contribution in [1.82, 2.24) is 0 Å². The van der Waals surface area contributed by atoms with Crippen molar-refractivity contribution in [3.8, 4) is 11.5 Å². The van der Waals surface area contributed by atoms with Crippen LogP contribution in [0.1, 0.15) is 7.43 Å². The predicted molar refractivity (Wildman–Crippen MR) is 89.4 cm³/mol. The SMILES string of the molecule is C.COc1ccc(NS(=O)(=O)c2c(F)c(F)c(F)c(F)c2F)cc1OP(=O)(O)O. The zero-order valence-corrected chi connectivity index (χ0v) is 15.1. The number of phosphoric ester groups is 1. The van der Waals surface area contributed by atoms with Gasteiger partial charge in [0.15, 0.2) is 39.7 Å². The van der Waals surface area contributed by atoms with Crippen LogP contribution >= 0.6 is 7.82 Å². The highest BCUT2D eigenvalue weighted by Crippen LogP contribution is 2.43. The van der Waals surface area contributed by atoms with Gasteiger partial charge in [-0.15, -0.1) is 0 Å². The third-order valence-corrected chi connectivity index (χ3v) is 4.91. The Balaban J connectivity index is 0.00000420. The summed E-state index contributed by atoms with van der Waals surface area (Å²) in [6, 6.07) is 2.53. The van der Waals surface area contributed by atoms with Gasteiger partial charge in [0.05, 0.1) is 12.8 Å². The molecule has 0 spiro atoms. The molecule has 2 aromatic carbocycles. The second kappa shape index (κ2) is 8.53. The van der Waals surface area contributed by atoms with Crippen molar-refractivity contribution in [2.75, 3.05) is 11.8 Å². The van der Waals surface area contributed by atoms with E-state index in [9.17, 15) is 34.9 Å². The van der Waals surface area contributed by atoms with E-state index in [1.165, 1.54) is 4.72 Å². The molecule has 0 radical (unpaired) electrons. The number of sulfonamides is 1. The summed E-state index contributed by atoms with van der Waals surface area (Å²) in [5, 5.41) is 0. The van der Waals surface area contributed by atoms with Gasteiger partial charge in [0.25, 0.3) is 10.0 Å². The van der Waals surface area contributed by atoms with E-state index >= 15 is 0 Å². The van der Waals surface area contributed by atoms with Crippen molar-refractivity contribution in [3.05, 3.63) is 47.3 Å². The smallest absolute Gasteiger partial charge is 0.493 e. The lowest BCUT2D eigenvalue weighted by atomic mass is 10.3. The van der Waals surface area contributed by atoms with Crippen molar-refractivity contribution in [2.24, 2.45) is 0 Å². The molecule has 2 aromatic rings. The summed E-state index contributed by atoms with van der Waals surface area (Å²) in [5.74, 6) is -13.6. The quantitative estimate of drug-likeness (QED) is 0.259. The molecule has 0 aromatic heterocycles. The molecule has 0 saturated carbocycles. The lowest BCUT2D eigenvalue weighted by Crippen LogP contribution is -2.19. The molecule has 0 saturated heterocycles. The molecule has 0 fully saturated rings.